The van der Waals surface area contributed by atoms with E-state index in [1.54, 1.807) is 30.3 Å². The SMILES string of the molecule is O=C(COC(=O)[C@@H]1CCCN1C(=O)c1ccco1)c1ccc2c(c1)OCO2. The maximum atomic E-state index is 12.4. The highest BCUT2D eigenvalue weighted by molar-refractivity contribution is 5.99. The van der Waals surface area contributed by atoms with Gasteiger partial charge in [0, 0.05) is 12.1 Å². The number of fused-ring (bicyclic) bond motifs is 1. The molecule has 0 spiro atoms. The zero-order valence-corrected chi connectivity index (χ0v) is 14.4. The van der Waals surface area contributed by atoms with Gasteiger partial charge in [-0.05, 0) is 43.2 Å². The van der Waals surface area contributed by atoms with Crippen LogP contribution in [0.4, 0.5) is 0 Å². The van der Waals surface area contributed by atoms with Crippen LogP contribution in [-0.2, 0) is 9.53 Å². The largest absolute Gasteiger partial charge is 0.459 e. The Kier molecular flexibility index (Phi) is 4.53. The molecule has 1 saturated heterocycles. The van der Waals surface area contributed by atoms with E-state index in [1.165, 1.54) is 11.2 Å². The summed E-state index contributed by atoms with van der Waals surface area (Å²) in [7, 11) is 0. The van der Waals surface area contributed by atoms with E-state index in [4.69, 9.17) is 18.6 Å². The van der Waals surface area contributed by atoms with Crippen LogP contribution < -0.4 is 9.47 Å². The third kappa shape index (κ3) is 3.38. The third-order valence-electron chi connectivity index (χ3n) is 4.56. The van der Waals surface area contributed by atoms with Gasteiger partial charge in [0.25, 0.3) is 5.91 Å². The molecule has 0 saturated carbocycles. The molecule has 1 atom stereocenters. The van der Waals surface area contributed by atoms with Crippen molar-refractivity contribution in [2.24, 2.45) is 0 Å². The van der Waals surface area contributed by atoms with E-state index in [-0.39, 0.29) is 24.2 Å². The first-order chi connectivity index (χ1) is 13.1. The molecule has 0 N–H and O–H groups in total. The van der Waals surface area contributed by atoms with Crippen LogP contribution in [0.5, 0.6) is 11.5 Å². The minimum atomic E-state index is -0.716. The lowest BCUT2D eigenvalue weighted by Crippen LogP contribution is -2.41. The number of ether oxygens (including phenoxy) is 3. The van der Waals surface area contributed by atoms with Gasteiger partial charge in [-0.15, -0.1) is 0 Å². The van der Waals surface area contributed by atoms with Crippen molar-refractivity contribution in [2.75, 3.05) is 19.9 Å². The number of Topliss-reactive ketones (excluding diaryl/α,β-unsaturated/α-hetero) is 1. The molecule has 0 radical (unpaired) electrons. The number of hydrogen-bond acceptors (Lipinski definition) is 7. The Labute approximate surface area is 154 Å². The number of amides is 1. The number of ketones is 1. The summed E-state index contributed by atoms with van der Waals surface area (Å²) in [6.07, 6.45) is 2.58. The average Bonchev–Trinajstić information content (AvgIpc) is 3.45. The van der Waals surface area contributed by atoms with Crippen LogP contribution in [-0.4, -0.2) is 48.5 Å². The molecular formula is C19H17NO7. The van der Waals surface area contributed by atoms with E-state index in [9.17, 15) is 14.4 Å². The first-order valence-corrected chi connectivity index (χ1v) is 8.57. The maximum absolute atomic E-state index is 12.4. The molecule has 0 aliphatic carbocycles. The smallest absolute Gasteiger partial charge is 0.329 e. The number of carbonyl (C=O) groups excluding carboxylic acids is 3. The number of nitrogens with zero attached hydrogens (tertiary/aromatic N) is 1. The quantitative estimate of drug-likeness (QED) is 0.586. The molecule has 0 unspecified atom stereocenters. The van der Waals surface area contributed by atoms with Crippen LogP contribution in [0, 0.1) is 0 Å². The fraction of sp³-hybridized carbons (Fsp3) is 0.316. The summed E-state index contributed by atoms with van der Waals surface area (Å²) < 4.78 is 20.7. The monoisotopic (exact) mass is 371 g/mol. The van der Waals surface area contributed by atoms with Crippen LogP contribution in [0.25, 0.3) is 0 Å². The van der Waals surface area contributed by atoms with Crippen LogP contribution in [0.1, 0.15) is 33.8 Å². The van der Waals surface area contributed by atoms with Gasteiger partial charge in [0.1, 0.15) is 6.04 Å². The molecule has 0 bridgehead atoms. The summed E-state index contributed by atoms with van der Waals surface area (Å²) in [4.78, 5) is 38.6. The Morgan fingerprint density at radius 1 is 1.15 bits per heavy atom. The van der Waals surface area contributed by atoms with Crippen molar-refractivity contribution in [1.82, 2.24) is 4.90 Å². The lowest BCUT2D eigenvalue weighted by Gasteiger charge is -2.22. The van der Waals surface area contributed by atoms with Gasteiger partial charge in [-0.25, -0.2) is 4.79 Å². The molecule has 27 heavy (non-hydrogen) atoms. The number of furan rings is 1. The van der Waals surface area contributed by atoms with E-state index >= 15 is 0 Å². The molecule has 1 aromatic carbocycles. The van der Waals surface area contributed by atoms with Crippen LogP contribution in [0.2, 0.25) is 0 Å². The normalized spacial score (nSPS) is 17.8. The Bertz CT molecular complexity index is 874. The summed E-state index contributed by atoms with van der Waals surface area (Å²) in [5.41, 5.74) is 0.363. The van der Waals surface area contributed by atoms with E-state index in [2.05, 4.69) is 0 Å². The molecule has 2 aromatic rings. The summed E-state index contributed by atoms with van der Waals surface area (Å²) in [6.45, 7) is 0.149. The van der Waals surface area contributed by atoms with Crippen LogP contribution in [0.3, 0.4) is 0 Å². The summed E-state index contributed by atoms with van der Waals surface area (Å²) in [5, 5.41) is 0. The molecule has 140 valence electrons. The highest BCUT2D eigenvalue weighted by Gasteiger charge is 2.36. The zero-order valence-electron chi connectivity index (χ0n) is 14.4. The molecule has 4 rings (SSSR count). The lowest BCUT2D eigenvalue weighted by atomic mass is 10.1. The number of esters is 1. The Hall–Kier alpha value is -3.29. The fourth-order valence-corrected chi connectivity index (χ4v) is 3.18. The predicted molar refractivity (Wildman–Crippen MR) is 90.6 cm³/mol. The van der Waals surface area contributed by atoms with Crippen molar-refractivity contribution in [3.63, 3.8) is 0 Å². The zero-order chi connectivity index (χ0) is 18.8. The van der Waals surface area contributed by atoms with Crippen molar-refractivity contribution in [1.29, 1.82) is 0 Å². The molecule has 1 amide bonds. The Morgan fingerprint density at radius 3 is 2.81 bits per heavy atom. The lowest BCUT2D eigenvalue weighted by molar-refractivity contribution is -0.147. The molecule has 1 aromatic heterocycles. The van der Waals surface area contributed by atoms with Gasteiger partial charge in [0.15, 0.2) is 29.6 Å². The van der Waals surface area contributed by atoms with Crippen molar-refractivity contribution in [2.45, 2.75) is 18.9 Å². The maximum Gasteiger partial charge on any atom is 0.329 e. The molecule has 8 heteroatoms. The highest BCUT2D eigenvalue weighted by atomic mass is 16.7. The number of benzene rings is 1. The molecule has 8 nitrogen and oxygen atoms in total. The standard InChI is InChI=1S/C19H17NO7/c21-14(12-5-6-15-17(9-12)27-11-26-15)10-25-19(23)13-3-1-7-20(13)18(22)16-4-2-8-24-16/h2,4-6,8-9,13H,1,3,7,10-11H2/t13-/m0/s1. The van der Waals surface area contributed by atoms with Gasteiger partial charge >= 0.3 is 5.97 Å². The summed E-state index contributed by atoms with van der Waals surface area (Å²) in [5.74, 6) is -0.0856. The van der Waals surface area contributed by atoms with E-state index in [0.717, 1.165) is 0 Å². The third-order valence-corrected chi connectivity index (χ3v) is 4.56. The highest BCUT2D eigenvalue weighted by Crippen LogP contribution is 2.32. The minimum absolute atomic E-state index is 0.114. The molecule has 2 aliphatic rings. The van der Waals surface area contributed by atoms with Crippen molar-refractivity contribution in [3.05, 3.63) is 47.9 Å². The number of rotatable bonds is 5. The second kappa shape index (κ2) is 7.14. The van der Waals surface area contributed by atoms with E-state index in [0.29, 0.717) is 36.4 Å². The number of carbonyl (C=O) groups is 3. The second-order valence-corrected chi connectivity index (χ2v) is 6.23. The average molecular weight is 371 g/mol. The first kappa shape index (κ1) is 17.1. The van der Waals surface area contributed by atoms with Gasteiger partial charge in [0.05, 0.1) is 6.26 Å². The predicted octanol–water partition coefficient (Wildman–Crippen LogP) is 2.04. The van der Waals surface area contributed by atoms with Gasteiger partial charge in [-0.3, -0.25) is 9.59 Å². The Morgan fingerprint density at radius 2 is 2.00 bits per heavy atom. The second-order valence-electron chi connectivity index (χ2n) is 6.23. The van der Waals surface area contributed by atoms with Crippen molar-refractivity contribution < 1.29 is 33.0 Å². The molecule has 2 aliphatic heterocycles. The van der Waals surface area contributed by atoms with E-state index < -0.39 is 18.6 Å². The molecule has 1 fully saturated rings. The van der Waals surface area contributed by atoms with Crippen LogP contribution in [0.15, 0.2) is 41.0 Å². The first-order valence-electron chi connectivity index (χ1n) is 8.57. The topological polar surface area (TPSA) is 95.3 Å². The van der Waals surface area contributed by atoms with Gasteiger partial charge in [0.2, 0.25) is 6.79 Å². The van der Waals surface area contributed by atoms with Gasteiger partial charge in [-0.2, -0.15) is 0 Å². The number of likely N-dealkylation sites (tertiary alicyclic amines) is 1. The fourth-order valence-electron chi connectivity index (χ4n) is 3.18. The molecular weight excluding hydrogens is 354 g/mol. The van der Waals surface area contributed by atoms with E-state index in [1.807, 2.05) is 0 Å². The summed E-state index contributed by atoms with van der Waals surface area (Å²) in [6, 6.07) is 7.23. The minimum Gasteiger partial charge on any atom is -0.459 e. The van der Waals surface area contributed by atoms with Crippen molar-refractivity contribution >= 4 is 17.7 Å². The summed E-state index contributed by atoms with van der Waals surface area (Å²) >= 11 is 0. The van der Waals surface area contributed by atoms with Gasteiger partial charge in [-0.1, -0.05) is 0 Å². The van der Waals surface area contributed by atoms with Crippen LogP contribution >= 0.6 is 0 Å². The van der Waals surface area contributed by atoms with Crippen molar-refractivity contribution in [3.8, 4) is 11.5 Å². The molecule has 3 heterocycles. The number of hydrogen-bond donors (Lipinski definition) is 0. The Balaban J connectivity index is 1.37. The van der Waals surface area contributed by atoms with Gasteiger partial charge < -0.3 is 23.5 Å².